The number of urea groups is 1. The van der Waals surface area contributed by atoms with Gasteiger partial charge in [0.2, 0.25) is 0 Å². The van der Waals surface area contributed by atoms with Crippen molar-refractivity contribution in [1.29, 1.82) is 0 Å². The van der Waals surface area contributed by atoms with Crippen LogP contribution in [0.1, 0.15) is 25.3 Å². The number of benzene rings is 1. The third-order valence-electron chi connectivity index (χ3n) is 4.35. The molecule has 1 aliphatic rings. The van der Waals surface area contributed by atoms with Crippen LogP contribution in [0.2, 0.25) is 0 Å². The van der Waals surface area contributed by atoms with E-state index in [9.17, 15) is 19.5 Å². The number of nitrogens with zero attached hydrogens (tertiary/aromatic N) is 1. The van der Waals surface area contributed by atoms with Crippen LogP contribution in [0.15, 0.2) is 24.3 Å². The molecule has 2 unspecified atom stereocenters. The van der Waals surface area contributed by atoms with Crippen LogP contribution in [0.5, 0.6) is 0 Å². The number of anilines is 1. The summed E-state index contributed by atoms with van der Waals surface area (Å²) in [5.41, 5.74) is 1.61. The van der Waals surface area contributed by atoms with Gasteiger partial charge in [-0.2, -0.15) is 0 Å². The largest absolute Gasteiger partial charge is 0.481 e. The maximum Gasteiger partial charge on any atom is 0.321 e. The second-order valence-electron chi connectivity index (χ2n) is 6.48. The van der Waals surface area contributed by atoms with Crippen LogP contribution < -0.4 is 5.32 Å². The van der Waals surface area contributed by atoms with E-state index in [1.807, 2.05) is 19.1 Å². The van der Waals surface area contributed by atoms with Gasteiger partial charge < -0.3 is 20.1 Å². The van der Waals surface area contributed by atoms with Gasteiger partial charge in [0.05, 0.1) is 13.0 Å². The fourth-order valence-corrected chi connectivity index (χ4v) is 3.00. The maximum absolute atomic E-state index is 12.4. The van der Waals surface area contributed by atoms with Crippen molar-refractivity contribution in [1.82, 2.24) is 4.90 Å². The zero-order valence-corrected chi connectivity index (χ0v) is 14.5. The molecule has 1 heterocycles. The normalized spacial score (nSPS) is 20.0. The molecule has 7 nitrogen and oxygen atoms in total. The molecule has 0 bridgehead atoms. The van der Waals surface area contributed by atoms with Crippen molar-refractivity contribution in [2.45, 2.75) is 26.2 Å². The summed E-state index contributed by atoms with van der Waals surface area (Å²) >= 11 is 0. The predicted molar refractivity (Wildman–Crippen MR) is 92.3 cm³/mol. The zero-order chi connectivity index (χ0) is 18.4. The van der Waals surface area contributed by atoms with Gasteiger partial charge in [0, 0.05) is 25.2 Å². The summed E-state index contributed by atoms with van der Waals surface area (Å²) in [4.78, 5) is 36.3. The molecular formula is C18H24N2O5. The quantitative estimate of drug-likeness (QED) is 0.797. The number of hydrogen-bond donors (Lipinski definition) is 2. The lowest BCUT2D eigenvalue weighted by Gasteiger charge is -2.34. The van der Waals surface area contributed by atoms with Crippen LogP contribution in [-0.2, 0) is 20.7 Å². The van der Waals surface area contributed by atoms with Gasteiger partial charge in [-0.15, -0.1) is 0 Å². The first kappa shape index (κ1) is 18.8. The number of hydrogen-bond acceptors (Lipinski definition) is 4. The molecule has 0 radical (unpaired) electrons. The van der Waals surface area contributed by atoms with Crippen molar-refractivity contribution in [2.24, 2.45) is 11.8 Å². The molecule has 136 valence electrons. The third kappa shape index (κ3) is 5.48. The highest BCUT2D eigenvalue weighted by Gasteiger charge is 2.31. The molecule has 1 saturated heterocycles. The number of aliphatic carboxylic acids is 1. The molecule has 25 heavy (non-hydrogen) atoms. The first-order valence-electron chi connectivity index (χ1n) is 8.33. The van der Waals surface area contributed by atoms with Crippen molar-refractivity contribution in [3.8, 4) is 0 Å². The van der Waals surface area contributed by atoms with Gasteiger partial charge in [0.15, 0.2) is 0 Å². The maximum atomic E-state index is 12.4. The number of carboxylic acid groups (broad SMARTS) is 1. The summed E-state index contributed by atoms with van der Waals surface area (Å²) in [5.74, 6) is -1.49. The fourth-order valence-electron chi connectivity index (χ4n) is 3.00. The van der Waals surface area contributed by atoms with Gasteiger partial charge in [-0.25, -0.2) is 4.79 Å². The summed E-state index contributed by atoms with van der Waals surface area (Å²) < 4.78 is 4.61. The highest BCUT2D eigenvalue weighted by molar-refractivity contribution is 5.89. The summed E-state index contributed by atoms with van der Waals surface area (Å²) in [6.07, 6.45) is 1.48. The number of esters is 1. The highest BCUT2D eigenvalue weighted by Crippen LogP contribution is 2.22. The van der Waals surface area contributed by atoms with Crippen molar-refractivity contribution >= 4 is 23.7 Å². The van der Waals surface area contributed by atoms with Crippen LogP contribution in [0, 0.1) is 11.8 Å². The van der Waals surface area contributed by atoms with E-state index < -0.39 is 11.9 Å². The topological polar surface area (TPSA) is 95.9 Å². The standard InChI is InChI=1S/C18H24N2O5/c1-12-9-14(17(22)23)11-20(10-12)18(24)19-15-6-3-13(4-7-15)5-8-16(21)25-2/h3-4,6-7,12,14H,5,8-11H2,1-2H3,(H,19,24)(H,22,23). The van der Waals surface area contributed by atoms with Crippen molar-refractivity contribution in [3.63, 3.8) is 0 Å². The number of rotatable bonds is 5. The van der Waals surface area contributed by atoms with Gasteiger partial charge in [-0.3, -0.25) is 9.59 Å². The summed E-state index contributed by atoms with van der Waals surface area (Å²) in [6.45, 7) is 2.72. The predicted octanol–water partition coefficient (Wildman–Crippen LogP) is 2.37. The van der Waals surface area contributed by atoms with Crippen LogP contribution >= 0.6 is 0 Å². The molecule has 2 amide bonds. The number of aryl methyl sites for hydroxylation is 1. The fraction of sp³-hybridized carbons (Fsp3) is 0.500. The Labute approximate surface area is 147 Å². The number of amides is 2. The van der Waals surface area contributed by atoms with E-state index in [-0.39, 0.29) is 24.5 Å². The lowest BCUT2D eigenvalue weighted by atomic mass is 9.91. The molecule has 1 fully saturated rings. The zero-order valence-electron chi connectivity index (χ0n) is 14.5. The second-order valence-corrected chi connectivity index (χ2v) is 6.48. The SMILES string of the molecule is COC(=O)CCc1ccc(NC(=O)N2CC(C)CC(C(=O)O)C2)cc1. The van der Waals surface area contributed by atoms with Crippen LogP contribution in [0.25, 0.3) is 0 Å². The van der Waals surface area contributed by atoms with Crippen LogP contribution in [-0.4, -0.2) is 48.2 Å². The molecule has 0 saturated carbocycles. The molecule has 2 atom stereocenters. The molecule has 1 aromatic rings. The lowest BCUT2D eigenvalue weighted by Crippen LogP contribution is -2.47. The first-order valence-corrected chi connectivity index (χ1v) is 8.33. The van der Waals surface area contributed by atoms with Crippen molar-refractivity contribution in [3.05, 3.63) is 29.8 Å². The number of carbonyl (C=O) groups is 3. The highest BCUT2D eigenvalue weighted by atomic mass is 16.5. The molecular weight excluding hydrogens is 324 g/mol. The summed E-state index contributed by atoms with van der Waals surface area (Å²) in [6, 6.07) is 6.94. The van der Waals surface area contributed by atoms with E-state index in [4.69, 9.17) is 0 Å². The minimum absolute atomic E-state index is 0.154. The number of carboxylic acids is 1. The van der Waals surface area contributed by atoms with E-state index in [2.05, 4.69) is 10.1 Å². The first-order chi connectivity index (χ1) is 11.9. The molecule has 1 aliphatic heterocycles. The Morgan fingerprint density at radius 1 is 1.24 bits per heavy atom. The summed E-state index contributed by atoms with van der Waals surface area (Å²) in [5, 5.41) is 12.0. The number of piperidine rings is 1. The average molecular weight is 348 g/mol. The third-order valence-corrected chi connectivity index (χ3v) is 4.35. The van der Waals surface area contributed by atoms with Gasteiger partial charge in [-0.05, 0) is 36.5 Å². The van der Waals surface area contributed by atoms with E-state index in [0.29, 0.717) is 31.5 Å². The number of ether oxygens (including phenoxy) is 1. The van der Waals surface area contributed by atoms with E-state index in [1.54, 1.807) is 17.0 Å². The average Bonchev–Trinajstić information content (AvgIpc) is 2.60. The number of methoxy groups -OCH3 is 1. The van der Waals surface area contributed by atoms with Crippen molar-refractivity contribution < 1.29 is 24.2 Å². The Morgan fingerprint density at radius 3 is 2.52 bits per heavy atom. The molecule has 2 rings (SSSR count). The molecule has 7 heteroatoms. The minimum atomic E-state index is -0.862. The molecule has 0 spiro atoms. The van der Waals surface area contributed by atoms with E-state index >= 15 is 0 Å². The number of carbonyl (C=O) groups excluding carboxylic acids is 2. The Morgan fingerprint density at radius 2 is 1.92 bits per heavy atom. The molecule has 1 aromatic carbocycles. The molecule has 2 N–H and O–H groups in total. The monoisotopic (exact) mass is 348 g/mol. The molecule has 0 aromatic heterocycles. The van der Waals surface area contributed by atoms with Gasteiger partial charge in [0.25, 0.3) is 0 Å². The van der Waals surface area contributed by atoms with Crippen LogP contribution in [0.3, 0.4) is 0 Å². The number of nitrogens with one attached hydrogen (secondary N) is 1. The van der Waals surface area contributed by atoms with E-state index in [1.165, 1.54) is 7.11 Å². The Hall–Kier alpha value is -2.57. The van der Waals surface area contributed by atoms with Gasteiger partial charge in [-0.1, -0.05) is 19.1 Å². The van der Waals surface area contributed by atoms with Crippen molar-refractivity contribution in [2.75, 3.05) is 25.5 Å². The Kier molecular flexibility index (Phi) is 6.38. The Bertz CT molecular complexity index is 629. The smallest absolute Gasteiger partial charge is 0.321 e. The molecule has 0 aliphatic carbocycles. The van der Waals surface area contributed by atoms with E-state index in [0.717, 1.165) is 5.56 Å². The second kappa shape index (κ2) is 8.50. The minimum Gasteiger partial charge on any atom is -0.481 e. The van der Waals surface area contributed by atoms with Crippen LogP contribution in [0.4, 0.5) is 10.5 Å². The summed E-state index contributed by atoms with van der Waals surface area (Å²) in [7, 11) is 1.36. The van der Waals surface area contributed by atoms with Gasteiger partial charge in [0.1, 0.15) is 0 Å². The van der Waals surface area contributed by atoms with Gasteiger partial charge >= 0.3 is 18.0 Å². The number of likely N-dealkylation sites (tertiary alicyclic amines) is 1. The lowest BCUT2D eigenvalue weighted by molar-refractivity contribution is -0.144. The Balaban J connectivity index is 1.91.